The summed E-state index contributed by atoms with van der Waals surface area (Å²) in [4.78, 5) is 34.3. The minimum absolute atomic E-state index is 0.0416. The molecule has 8 nitrogen and oxygen atoms in total. The average Bonchev–Trinajstić information content (AvgIpc) is 2.60. The Hall–Kier alpha value is -2.35. The largest absolute Gasteiger partial charge is 0.463 e. The van der Waals surface area contributed by atoms with Crippen LogP contribution in [0.5, 0.6) is 5.88 Å². The maximum absolute atomic E-state index is 12.3. The molecule has 0 radical (unpaired) electrons. The summed E-state index contributed by atoms with van der Waals surface area (Å²) in [5.41, 5.74) is 0.323. The van der Waals surface area contributed by atoms with Crippen molar-refractivity contribution in [3.05, 3.63) is 18.3 Å². The fourth-order valence-electron chi connectivity index (χ4n) is 2.89. The number of aromatic nitrogens is 1. The van der Waals surface area contributed by atoms with Gasteiger partial charge < -0.3 is 24.2 Å². The summed E-state index contributed by atoms with van der Waals surface area (Å²) in [5.74, 6) is 0.398. The zero-order chi connectivity index (χ0) is 20.9. The minimum atomic E-state index is -0.577. The molecule has 156 valence electrons. The smallest absolute Gasteiger partial charge is 0.410 e. The number of carbonyl (C=O) groups excluding carboxylic acids is 2. The molecule has 1 aromatic heterocycles. The molecule has 1 aliphatic rings. The SMILES string of the molecule is CC(=O)C(CN(C)C)Oc1ncccc1N1CCN(C(=O)OC(C)(C)C)CC1. The lowest BCUT2D eigenvalue weighted by molar-refractivity contribution is -0.124. The van der Waals surface area contributed by atoms with Crippen molar-refractivity contribution in [2.45, 2.75) is 39.4 Å². The van der Waals surface area contributed by atoms with Crippen LogP contribution in [0.2, 0.25) is 0 Å². The lowest BCUT2D eigenvalue weighted by Crippen LogP contribution is -2.50. The van der Waals surface area contributed by atoms with Crippen molar-refractivity contribution in [3.8, 4) is 5.88 Å². The maximum Gasteiger partial charge on any atom is 0.410 e. The van der Waals surface area contributed by atoms with Gasteiger partial charge in [-0.3, -0.25) is 4.79 Å². The molecule has 1 unspecified atom stereocenters. The fraction of sp³-hybridized carbons (Fsp3) is 0.650. The van der Waals surface area contributed by atoms with Crippen molar-refractivity contribution in [2.75, 3.05) is 51.7 Å². The van der Waals surface area contributed by atoms with Gasteiger partial charge >= 0.3 is 6.09 Å². The van der Waals surface area contributed by atoms with Crippen molar-refractivity contribution in [1.29, 1.82) is 0 Å². The van der Waals surface area contributed by atoms with Crippen LogP contribution in [0.1, 0.15) is 27.7 Å². The zero-order valence-electron chi connectivity index (χ0n) is 17.8. The van der Waals surface area contributed by atoms with E-state index in [1.165, 1.54) is 6.92 Å². The predicted molar refractivity (Wildman–Crippen MR) is 108 cm³/mol. The van der Waals surface area contributed by atoms with E-state index in [4.69, 9.17) is 9.47 Å². The van der Waals surface area contributed by atoms with E-state index in [2.05, 4.69) is 9.88 Å². The molecule has 0 aromatic carbocycles. The van der Waals surface area contributed by atoms with Gasteiger partial charge in [0.2, 0.25) is 5.88 Å². The number of ketones is 1. The highest BCUT2D eigenvalue weighted by Crippen LogP contribution is 2.28. The summed E-state index contributed by atoms with van der Waals surface area (Å²) in [7, 11) is 3.79. The molecule has 28 heavy (non-hydrogen) atoms. The van der Waals surface area contributed by atoms with Gasteiger partial charge in [0.05, 0.1) is 0 Å². The molecule has 1 aromatic rings. The number of ether oxygens (including phenoxy) is 2. The number of likely N-dealkylation sites (N-methyl/N-ethyl adjacent to an activating group) is 1. The van der Waals surface area contributed by atoms with Gasteiger partial charge in [-0.25, -0.2) is 9.78 Å². The van der Waals surface area contributed by atoms with Crippen LogP contribution in [-0.4, -0.2) is 85.2 Å². The lowest BCUT2D eigenvalue weighted by Gasteiger charge is -2.37. The molecule has 2 heterocycles. The molecule has 1 amide bonds. The van der Waals surface area contributed by atoms with Crippen LogP contribution < -0.4 is 9.64 Å². The molecule has 0 spiro atoms. The fourth-order valence-corrected chi connectivity index (χ4v) is 2.89. The van der Waals surface area contributed by atoms with Crippen LogP contribution >= 0.6 is 0 Å². The molecule has 0 saturated carbocycles. The molecule has 2 rings (SSSR count). The van der Waals surface area contributed by atoms with E-state index < -0.39 is 11.7 Å². The average molecular weight is 393 g/mol. The summed E-state index contributed by atoms with van der Waals surface area (Å²) in [6, 6.07) is 3.77. The third-order valence-corrected chi connectivity index (χ3v) is 4.26. The predicted octanol–water partition coefficient (Wildman–Crippen LogP) is 2.04. The number of rotatable bonds is 6. The normalized spacial score (nSPS) is 16.1. The van der Waals surface area contributed by atoms with Crippen molar-refractivity contribution in [1.82, 2.24) is 14.8 Å². The van der Waals surface area contributed by atoms with Crippen LogP contribution in [-0.2, 0) is 9.53 Å². The molecule has 1 atom stereocenters. The van der Waals surface area contributed by atoms with Crippen molar-refractivity contribution >= 4 is 17.6 Å². The van der Waals surface area contributed by atoms with Crippen LogP contribution in [0.15, 0.2) is 18.3 Å². The first kappa shape index (κ1) is 21.9. The first-order valence-electron chi connectivity index (χ1n) is 9.56. The second-order valence-corrected chi connectivity index (χ2v) is 8.26. The van der Waals surface area contributed by atoms with Crippen LogP contribution in [0.4, 0.5) is 10.5 Å². The number of carbonyl (C=O) groups is 2. The van der Waals surface area contributed by atoms with Crippen LogP contribution in [0, 0.1) is 0 Å². The number of hydrogen-bond donors (Lipinski definition) is 0. The third-order valence-electron chi connectivity index (χ3n) is 4.26. The Morgan fingerprint density at radius 1 is 1.21 bits per heavy atom. The van der Waals surface area contributed by atoms with E-state index >= 15 is 0 Å². The van der Waals surface area contributed by atoms with Gasteiger partial charge in [0.25, 0.3) is 0 Å². The number of pyridine rings is 1. The second-order valence-electron chi connectivity index (χ2n) is 8.26. The minimum Gasteiger partial charge on any atom is -0.463 e. The number of anilines is 1. The van der Waals surface area contributed by atoms with Gasteiger partial charge in [0, 0.05) is 38.9 Å². The van der Waals surface area contributed by atoms with Crippen molar-refractivity contribution < 1.29 is 19.1 Å². The molecule has 0 aliphatic carbocycles. The molecular weight excluding hydrogens is 360 g/mol. The van der Waals surface area contributed by atoms with Gasteiger partial charge in [-0.1, -0.05) is 0 Å². The Morgan fingerprint density at radius 3 is 2.39 bits per heavy atom. The Labute approximate surface area is 167 Å². The first-order chi connectivity index (χ1) is 13.1. The molecule has 0 bridgehead atoms. The summed E-state index contributed by atoms with van der Waals surface area (Å²) >= 11 is 0. The van der Waals surface area contributed by atoms with E-state index in [0.717, 1.165) is 5.69 Å². The molecule has 0 N–H and O–H groups in total. The molecule has 1 aliphatic heterocycles. The quantitative estimate of drug-likeness (QED) is 0.733. The number of Topliss-reactive ketones (excluding diaryl/α,β-unsaturated/α-hetero) is 1. The standard InChI is InChI=1S/C20H32N4O4/c1-15(25)17(14-22(5)6)27-18-16(8-7-9-21-18)23-10-12-24(13-11-23)19(26)28-20(2,3)4/h7-9,17H,10-14H2,1-6H3. The number of amides is 1. The highest BCUT2D eigenvalue weighted by molar-refractivity contribution is 5.81. The van der Waals surface area contributed by atoms with E-state index in [1.807, 2.05) is 51.9 Å². The summed E-state index contributed by atoms with van der Waals surface area (Å²) in [6.45, 7) is 9.97. The Kier molecular flexibility index (Phi) is 7.23. The van der Waals surface area contributed by atoms with Crippen LogP contribution in [0.3, 0.4) is 0 Å². The van der Waals surface area contributed by atoms with Gasteiger partial charge in [-0.15, -0.1) is 0 Å². The monoisotopic (exact) mass is 392 g/mol. The molecule has 1 saturated heterocycles. The molecule has 1 fully saturated rings. The topological polar surface area (TPSA) is 75.2 Å². The zero-order valence-corrected chi connectivity index (χ0v) is 17.8. The van der Waals surface area contributed by atoms with Crippen molar-refractivity contribution in [3.63, 3.8) is 0 Å². The first-order valence-corrected chi connectivity index (χ1v) is 9.56. The van der Waals surface area contributed by atoms with E-state index in [-0.39, 0.29) is 11.9 Å². The lowest BCUT2D eigenvalue weighted by atomic mass is 10.2. The summed E-state index contributed by atoms with van der Waals surface area (Å²) < 4.78 is 11.4. The van der Waals surface area contributed by atoms with Gasteiger partial charge in [-0.05, 0) is 53.9 Å². The Morgan fingerprint density at radius 2 is 1.86 bits per heavy atom. The third kappa shape index (κ3) is 6.37. The van der Waals surface area contributed by atoms with E-state index in [9.17, 15) is 9.59 Å². The highest BCUT2D eigenvalue weighted by Gasteiger charge is 2.28. The Bertz CT molecular complexity index is 679. The number of piperazine rings is 1. The number of nitrogens with zero attached hydrogens (tertiary/aromatic N) is 4. The second kappa shape index (κ2) is 9.23. The van der Waals surface area contributed by atoms with Crippen molar-refractivity contribution in [2.24, 2.45) is 0 Å². The summed E-state index contributed by atoms with van der Waals surface area (Å²) in [5, 5.41) is 0. The van der Waals surface area contributed by atoms with Gasteiger partial charge in [0.15, 0.2) is 11.9 Å². The van der Waals surface area contributed by atoms with E-state index in [0.29, 0.717) is 38.6 Å². The van der Waals surface area contributed by atoms with Crippen LogP contribution in [0.25, 0.3) is 0 Å². The van der Waals surface area contributed by atoms with E-state index in [1.54, 1.807) is 11.1 Å². The number of hydrogen-bond acceptors (Lipinski definition) is 7. The Balaban J connectivity index is 2.05. The van der Waals surface area contributed by atoms with Gasteiger partial charge in [-0.2, -0.15) is 0 Å². The highest BCUT2D eigenvalue weighted by atomic mass is 16.6. The summed E-state index contributed by atoms with van der Waals surface area (Å²) in [6.07, 6.45) is 0.784. The van der Waals surface area contributed by atoms with Gasteiger partial charge in [0.1, 0.15) is 11.3 Å². The molecule has 8 heteroatoms. The maximum atomic E-state index is 12.3. The molecular formula is C20H32N4O4.